The van der Waals surface area contributed by atoms with Crippen molar-refractivity contribution in [2.45, 2.75) is 6.54 Å². The van der Waals surface area contributed by atoms with Gasteiger partial charge in [0, 0.05) is 17.7 Å². The molecule has 1 N–H and O–H groups in total. The second-order valence-electron chi connectivity index (χ2n) is 5.91. The fraction of sp³-hybridized carbons (Fsp3) is 0.294. The summed E-state index contributed by atoms with van der Waals surface area (Å²) >= 11 is 0. The first-order chi connectivity index (χ1) is 11.5. The monoisotopic (exact) mass is 331 g/mol. The molecule has 1 fully saturated rings. The molecule has 2 aromatic carbocycles. The van der Waals surface area contributed by atoms with Gasteiger partial charge in [0.1, 0.15) is 12.4 Å². The highest BCUT2D eigenvalue weighted by atomic mass is 19.1. The fourth-order valence-electron chi connectivity index (χ4n) is 3.04. The Balaban J connectivity index is 1.65. The van der Waals surface area contributed by atoms with Gasteiger partial charge in [0.2, 0.25) is 0 Å². The molecule has 0 saturated carbocycles. The molecular formula is C17H18FN3O3. The summed E-state index contributed by atoms with van der Waals surface area (Å²) < 4.78 is 13.8. The molecule has 126 valence electrons. The third kappa shape index (κ3) is 3.46. The van der Waals surface area contributed by atoms with Gasteiger partial charge in [-0.2, -0.15) is 0 Å². The lowest BCUT2D eigenvalue weighted by molar-refractivity contribution is -0.914. The molecule has 0 spiro atoms. The average molecular weight is 331 g/mol. The fourth-order valence-corrected chi connectivity index (χ4v) is 3.04. The predicted molar refractivity (Wildman–Crippen MR) is 85.6 cm³/mol. The first kappa shape index (κ1) is 16.2. The van der Waals surface area contributed by atoms with Gasteiger partial charge in [0.25, 0.3) is 5.69 Å². The lowest BCUT2D eigenvalue weighted by Gasteiger charge is -2.34. The minimum atomic E-state index is -0.492. The zero-order chi connectivity index (χ0) is 17.1. The number of hydrogen-bond acceptors (Lipinski definition) is 4. The van der Waals surface area contributed by atoms with Crippen LogP contribution in [-0.4, -0.2) is 31.1 Å². The highest BCUT2D eigenvalue weighted by molar-refractivity contribution is 5.47. The molecule has 6 nitrogen and oxygen atoms in total. The van der Waals surface area contributed by atoms with Crippen LogP contribution in [0, 0.1) is 15.9 Å². The van der Waals surface area contributed by atoms with Crippen LogP contribution in [0.5, 0.6) is 5.75 Å². The molecular weight excluding hydrogens is 313 g/mol. The molecule has 24 heavy (non-hydrogen) atoms. The predicted octanol–water partition coefficient (Wildman–Crippen LogP) is 0.713. The van der Waals surface area contributed by atoms with Crippen molar-refractivity contribution in [2.75, 3.05) is 31.1 Å². The summed E-state index contributed by atoms with van der Waals surface area (Å²) in [6.07, 6.45) is 0. The largest absolute Gasteiger partial charge is 0.872 e. The van der Waals surface area contributed by atoms with Gasteiger partial charge in [-0.15, -0.1) is 0 Å². The topological polar surface area (TPSA) is 73.9 Å². The van der Waals surface area contributed by atoms with E-state index in [1.165, 1.54) is 29.2 Å². The van der Waals surface area contributed by atoms with Gasteiger partial charge in [0.05, 0.1) is 36.8 Å². The molecule has 1 saturated heterocycles. The normalized spacial score (nSPS) is 15.5. The summed E-state index contributed by atoms with van der Waals surface area (Å²) in [6, 6.07) is 10.5. The lowest BCUT2D eigenvalue weighted by Crippen LogP contribution is -3.13. The molecule has 1 aliphatic rings. The number of rotatable bonds is 4. The average Bonchev–Trinajstić information content (AvgIpc) is 2.58. The first-order valence-electron chi connectivity index (χ1n) is 7.82. The summed E-state index contributed by atoms with van der Waals surface area (Å²) in [5.74, 6) is -0.411. The third-order valence-corrected chi connectivity index (χ3v) is 4.36. The SMILES string of the molecule is O=[N+]([O-])c1ccc([O-])c(C[NH+]2CCN(c3ccccc3F)CC2)c1. The molecule has 0 unspecified atom stereocenters. The number of quaternary nitrogens is 1. The quantitative estimate of drug-likeness (QED) is 0.662. The molecule has 0 atom stereocenters. The van der Waals surface area contributed by atoms with E-state index in [1.54, 1.807) is 12.1 Å². The van der Waals surface area contributed by atoms with Gasteiger partial charge in [-0.05, 0) is 12.1 Å². The number of hydrogen-bond donors (Lipinski definition) is 1. The maximum Gasteiger partial charge on any atom is 0.269 e. The smallest absolute Gasteiger partial charge is 0.269 e. The van der Waals surface area contributed by atoms with Crippen molar-refractivity contribution < 1.29 is 19.3 Å². The van der Waals surface area contributed by atoms with Crippen LogP contribution < -0.4 is 14.9 Å². The molecule has 2 aromatic rings. The van der Waals surface area contributed by atoms with Crippen molar-refractivity contribution >= 4 is 11.4 Å². The van der Waals surface area contributed by atoms with Crippen LogP contribution in [0.3, 0.4) is 0 Å². The van der Waals surface area contributed by atoms with E-state index in [2.05, 4.69) is 0 Å². The van der Waals surface area contributed by atoms with E-state index in [9.17, 15) is 19.6 Å². The maximum absolute atomic E-state index is 13.8. The van der Waals surface area contributed by atoms with Crippen molar-refractivity contribution in [3.63, 3.8) is 0 Å². The Bertz CT molecular complexity index is 746. The Labute approximate surface area is 138 Å². The van der Waals surface area contributed by atoms with Crippen molar-refractivity contribution in [2.24, 2.45) is 0 Å². The summed E-state index contributed by atoms with van der Waals surface area (Å²) in [7, 11) is 0. The first-order valence-corrected chi connectivity index (χ1v) is 7.82. The molecule has 0 aliphatic carbocycles. The summed E-state index contributed by atoms with van der Waals surface area (Å²) in [5.41, 5.74) is 0.990. The number of nitro groups is 1. The molecule has 3 rings (SSSR count). The third-order valence-electron chi connectivity index (χ3n) is 4.36. The van der Waals surface area contributed by atoms with E-state index in [-0.39, 0.29) is 17.3 Å². The Morgan fingerprint density at radius 3 is 2.54 bits per heavy atom. The Morgan fingerprint density at radius 2 is 1.88 bits per heavy atom. The van der Waals surface area contributed by atoms with E-state index in [0.717, 1.165) is 13.1 Å². The van der Waals surface area contributed by atoms with Gasteiger partial charge in [-0.25, -0.2) is 4.39 Å². The Morgan fingerprint density at radius 1 is 1.17 bits per heavy atom. The molecule has 0 bridgehead atoms. The van der Waals surface area contributed by atoms with Crippen LogP contribution in [0.2, 0.25) is 0 Å². The molecule has 7 heteroatoms. The van der Waals surface area contributed by atoms with Crippen molar-refractivity contribution in [3.8, 4) is 5.75 Å². The zero-order valence-electron chi connectivity index (χ0n) is 13.1. The van der Waals surface area contributed by atoms with Gasteiger partial charge in [-0.3, -0.25) is 10.1 Å². The molecule has 0 radical (unpaired) electrons. The van der Waals surface area contributed by atoms with Gasteiger partial charge < -0.3 is 14.9 Å². The summed E-state index contributed by atoms with van der Waals surface area (Å²) in [6.45, 7) is 3.30. The summed E-state index contributed by atoms with van der Waals surface area (Å²) in [4.78, 5) is 13.5. The maximum atomic E-state index is 13.8. The Hall–Kier alpha value is -2.67. The van der Waals surface area contributed by atoms with Crippen molar-refractivity contribution in [1.29, 1.82) is 0 Å². The molecule has 1 heterocycles. The standard InChI is InChI=1S/C17H18FN3O3/c18-15-3-1-2-4-16(15)20-9-7-19(8-10-20)12-13-11-14(21(23)24)5-6-17(13)22/h1-6,11,22H,7-10,12H2. The van der Waals surface area contributed by atoms with Gasteiger partial charge in [0.15, 0.2) is 0 Å². The van der Waals surface area contributed by atoms with E-state index < -0.39 is 4.92 Å². The van der Waals surface area contributed by atoms with E-state index in [1.807, 2.05) is 11.0 Å². The van der Waals surface area contributed by atoms with Crippen LogP contribution >= 0.6 is 0 Å². The minimum absolute atomic E-state index is 0.0611. The highest BCUT2D eigenvalue weighted by Gasteiger charge is 2.22. The molecule has 1 aliphatic heterocycles. The second kappa shape index (κ2) is 6.84. The number of nitrogens with one attached hydrogen (secondary N) is 1. The van der Waals surface area contributed by atoms with Gasteiger partial charge in [-0.1, -0.05) is 23.9 Å². The van der Waals surface area contributed by atoms with E-state index in [0.29, 0.717) is 30.9 Å². The van der Waals surface area contributed by atoms with Crippen LogP contribution in [0.25, 0.3) is 0 Å². The molecule has 0 aromatic heterocycles. The number of non-ortho nitro benzene ring substituents is 1. The molecule has 0 amide bonds. The highest BCUT2D eigenvalue weighted by Crippen LogP contribution is 2.21. The lowest BCUT2D eigenvalue weighted by atomic mass is 10.1. The minimum Gasteiger partial charge on any atom is -0.872 e. The van der Waals surface area contributed by atoms with Crippen molar-refractivity contribution in [3.05, 3.63) is 64.0 Å². The number of halogens is 1. The van der Waals surface area contributed by atoms with E-state index >= 15 is 0 Å². The number of nitrogens with zero attached hydrogens (tertiary/aromatic N) is 2. The van der Waals surface area contributed by atoms with E-state index in [4.69, 9.17) is 0 Å². The number of piperazine rings is 1. The second-order valence-corrected chi connectivity index (χ2v) is 5.91. The van der Waals surface area contributed by atoms with Crippen molar-refractivity contribution in [1.82, 2.24) is 0 Å². The van der Waals surface area contributed by atoms with Gasteiger partial charge >= 0.3 is 0 Å². The van der Waals surface area contributed by atoms with Crippen LogP contribution in [0.1, 0.15) is 5.56 Å². The van der Waals surface area contributed by atoms with Crippen LogP contribution in [-0.2, 0) is 6.54 Å². The zero-order valence-corrected chi connectivity index (χ0v) is 13.1. The van der Waals surface area contributed by atoms with Crippen LogP contribution in [0.4, 0.5) is 15.8 Å². The summed E-state index contributed by atoms with van der Waals surface area (Å²) in [5, 5.41) is 22.7. The van der Waals surface area contributed by atoms with Crippen LogP contribution in [0.15, 0.2) is 42.5 Å². The number of anilines is 1. The number of benzene rings is 2. The Kier molecular flexibility index (Phi) is 4.61. The number of para-hydroxylation sites is 1. The number of nitro benzene ring substituents is 1.